The molecule has 286 valence electrons. The van der Waals surface area contributed by atoms with E-state index in [0.717, 1.165) is 66.9 Å². The van der Waals surface area contributed by atoms with Crippen LogP contribution in [0.15, 0.2) is 164 Å². The Morgan fingerprint density at radius 1 is 0.741 bits per heavy atom. The van der Waals surface area contributed by atoms with Gasteiger partial charge in [0, 0.05) is 42.4 Å². The Hall–Kier alpha value is -7.13. The number of nitrogens with one attached hydrogen (secondary N) is 2. The number of rotatable bonds is 10. The third kappa shape index (κ3) is 6.44. The topological polar surface area (TPSA) is 88.0 Å². The number of hydrogen-bond acceptors (Lipinski definition) is 6. The molecule has 4 heterocycles. The lowest BCUT2D eigenvalue weighted by Crippen LogP contribution is -2.39. The third-order valence-electron chi connectivity index (χ3n) is 10.9. The smallest absolute Gasteiger partial charge is 0.224 e. The van der Waals surface area contributed by atoms with Crippen LogP contribution in [0.25, 0.3) is 33.2 Å². The molecule has 3 aromatic heterocycles. The molecule has 0 saturated heterocycles. The van der Waals surface area contributed by atoms with Gasteiger partial charge in [-0.1, -0.05) is 123 Å². The molecule has 1 aliphatic rings. The molecule has 1 amide bonds. The van der Waals surface area contributed by atoms with Crippen LogP contribution in [0.4, 0.5) is 21.5 Å². The number of amides is 1. The Morgan fingerprint density at radius 3 is 2.03 bits per heavy atom. The summed E-state index contributed by atoms with van der Waals surface area (Å²) in [6.45, 7) is 4.05. The molecule has 1 unspecified atom stereocenters. The molecule has 0 bridgehead atoms. The standard InChI is InChI=1S/C49H42FN7O/c1-32(2)24-45(58)53-40-26-35(28-51-29-40)33-22-23-44-41(27-33)46(48-54-43-31-52-30-42(47(43)56(48)3)34-14-13-21-39(50)25-34)55-57(44)49(36-15-7-4-8-16-36,37-17-9-5-10-18-37)38-19-11-6-12-20-38/h4-23,25-32,48,54H,24H2,1-3H3,(H,53,58). The Labute approximate surface area is 337 Å². The van der Waals surface area contributed by atoms with Crippen LogP contribution in [0.3, 0.4) is 0 Å². The van der Waals surface area contributed by atoms with Crippen molar-refractivity contribution in [3.63, 3.8) is 0 Å². The monoisotopic (exact) mass is 763 g/mol. The Kier molecular flexibility index (Phi) is 9.49. The number of pyridine rings is 2. The number of carbonyl (C=O) groups is 1. The van der Waals surface area contributed by atoms with E-state index in [1.807, 2.05) is 63.6 Å². The maximum atomic E-state index is 14.6. The van der Waals surface area contributed by atoms with Crippen LogP contribution < -0.4 is 15.5 Å². The maximum absolute atomic E-state index is 14.6. The summed E-state index contributed by atoms with van der Waals surface area (Å²) in [5.74, 6) is -0.124. The van der Waals surface area contributed by atoms with Gasteiger partial charge < -0.3 is 15.5 Å². The van der Waals surface area contributed by atoms with Crippen LogP contribution in [-0.4, -0.2) is 32.7 Å². The van der Waals surface area contributed by atoms with Crippen LogP contribution in [0.2, 0.25) is 0 Å². The molecular weight excluding hydrogens is 722 g/mol. The van der Waals surface area contributed by atoms with Crippen LogP contribution in [0.5, 0.6) is 0 Å². The van der Waals surface area contributed by atoms with Crippen molar-refractivity contribution in [3.8, 4) is 22.3 Å². The fourth-order valence-electron chi connectivity index (χ4n) is 8.36. The van der Waals surface area contributed by atoms with Gasteiger partial charge in [0.25, 0.3) is 0 Å². The van der Waals surface area contributed by atoms with Crippen molar-refractivity contribution in [2.45, 2.75) is 32.0 Å². The maximum Gasteiger partial charge on any atom is 0.224 e. The fourth-order valence-corrected chi connectivity index (χ4v) is 8.36. The lowest BCUT2D eigenvalue weighted by molar-refractivity contribution is -0.116. The minimum atomic E-state index is -0.887. The Balaban J connectivity index is 1.28. The highest BCUT2D eigenvalue weighted by Crippen LogP contribution is 2.49. The highest BCUT2D eigenvalue weighted by Gasteiger charge is 2.42. The minimum Gasteiger partial charge on any atom is -0.357 e. The molecule has 0 fully saturated rings. The van der Waals surface area contributed by atoms with Crippen molar-refractivity contribution >= 4 is 33.9 Å². The number of anilines is 3. The third-order valence-corrected chi connectivity index (χ3v) is 10.9. The average Bonchev–Trinajstić information content (AvgIpc) is 3.79. The second kappa shape index (κ2) is 15.1. The van der Waals surface area contributed by atoms with E-state index in [0.29, 0.717) is 12.1 Å². The summed E-state index contributed by atoms with van der Waals surface area (Å²) in [5.41, 5.74) is 9.67. The van der Waals surface area contributed by atoms with Gasteiger partial charge in [-0.25, -0.2) is 9.07 Å². The molecule has 9 rings (SSSR count). The van der Waals surface area contributed by atoms with E-state index >= 15 is 0 Å². The first-order valence-corrected chi connectivity index (χ1v) is 19.5. The molecule has 1 aliphatic heterocycles. The molecule has 9 heteroatoms. The van der Waals surface area contributed by atoms with E-state index in [1.165, 1.54) is 12.1 Å². The highest BCUT2D eigenvalue weighted by molar-refractivity contribution is 5.95. The van der Waals surface area contributed by atoms with Crippen molar-refractivity contribution in [2.24, 2.45) is 5.92 Å². The molecule has 2 N–H and O–H groups in total. The minimum absolute atomic E-state index is 0.0472. The Morgan fingerprint density at radius 2 is 1.40 bits per heavy atom. The van der Waals surface area contributed by atoms with Gasteiger partial charge in [0.15, 0.2) is 0 Å². The van der Waals surface area contributed by atoms with E-state index in [4.69, 9.17) is 5.10 Å². The summed E-state index contributed by atoms with van der Waals surface area (Å²) in [4.78, 5) is 24.0. The second-order valence-electron chi connectivity index (χ2n) is 15.2. The first kappa shape index (κ1) is 36.5. The number of nitrogens with zero attached hydrogens (tertiary/aromatic N) is 5. The van der Waals surface area contributed by atoms with Gasteiger partial charge in [-0.2, -0.15) is 5.10 Å². The summed E-state index contributed by atoms with van der Waals surface area (Å²) in [6, 6.07) is 46.5. The molecule has 0 radical (unpaired) electrons. The summed E-state index contributed by atoms with van der Waals surface area (Å²) < 4.78 is 16.8. The van der Waals surface area contributed by atoms with Gasteiger partial charge in [-0.15, -0.1) is 0 Å². The SMILES string of the molecule is CC(C)CC(=O)Nc1cncc(-c2ccc3c(c2)c(C2Nc4cncc(-c5cccc(F)c5)c4N2C)nn3C(c2ccccc2)(c2ccccc2)c2ccccc2)c1. The van der Waals surface area contributed by atoms with E-state index in [1.54, 1.807) is 18.5 Å². The van der Waals surface area contributed by atoms with E-state index in [9.17, 15) is 9.18 Å². The number of fused-ring (bicyclic) bond motifs is 2. The van der Waals surface area contributed by atoms with Gasteiger partial charge in [0.05, 0.1) is 35.0 Å². The zero-order chi connectivity index (χ0) is 39.8. The summed E-state index contributed by atoms with van der Waals surface area (Å²) in [7, 11) is 2.03. The number of carbonyl (C=O) groups excluding carboxylic acids is 1. The van der Waals surface area contributed by atoms with Crippen molar-refractivity contribution < 1.29 is 9.18 Å². The zero-order valence-electron chi connectivity index (χ0n) is 32.5. The summed E-state index contributed by atoms with van der Waals surface area (Å²) >= 11 is 0. The zero-order valence-corrected chi connectivity index (χ0v) is 32.5. The number of benzene rings is 5. The van der Waals surface area contributed by atoms with Gasteiger partial charge in [-0.05, 0) is 64.1 Å². The van der Waals surface area contributed by atoms with Crippen LogP contribution in [-0.2, 0) is 10.3 Å². The first-order chi connectivity index (χ1) is 28.3. The quantitative estimate of drug-likeness (QED) is 0.135. The van der Waals surface area contributed by atoms with Crippen molar-refractivity contribution in [2.75, 3.05) is 22.6 Å². The van der Waals surface area contributed by atoms with Gasteiger partial charge >= 0.3 is 0 Å². The molecule has 8 aromatic rings. The normalized spacial score (nSPS) is 13.7. The molecular formula is C49H42FN7O. The van der Waals surface area contributed by atoms with Gasteiger partial charge in [-0.3, -0.25) is 14.8 Å². The van der Waals surface area contributed by atoms with Crippen molar-refractivity contribution in [3.05, 3.63) is 193 Å². The number of aromatic nitrogens is 4. The predicted molar refractivity (Wildman–Crippen MR) is 230 cm³/mol. The van der Waals surface area contributed by atoms with Crippen molar-refractivity contribution in [1.82, 2.24) is 19.7 Å². The van der Waals surface area contributed by atoms with Crippen molar-refractivity contribution in [1.29, 1.82) is 0 Å². The summed E-state index contributed by atoms with van der Waals surface area (Å²) in [5, 5.41) is 13.4. The number of hydrogen-bond donors (Lipinski definition) is 2. The molecule has 8 nitrogen and oxygen atoms in total. The average molecular weight is 764 g/mol. The lowest BCUT2D eigenvalue weighted by atomic mass is 9.77. The molecule has 0 spiro atoms. The largest absolute Gasteiger partial charge is 0.357 e. The van der Waals surface area contributed by atoms with Crippen LogP contribution >= 0.6 is 0 Å². The number of halogens is 1. The molecule has 58 heavy (non-hydrogen) atoms. The molecule has 0 aliphatic carbocycles. The fraction of sp³-hybridized carbons (Fsp3) is 0.143. The van der Waals surface area contributed by atoms with E-state index < -0.39 is 11.7 Å². The highest BCUT2D eigenvalue weighted by atomic mass is 19.1. The molecule has 1 atom stereocenters. The summed E-state index contributed by atoms with van der Waals surface area (Å²) in [6.07, 6.45) is 7.09. The molecule has 0 saturated carbocycles. The Bertz CT molecular complexity index is 2660. The van der Waals surface area contributed by atoms with Gasteiger partial charge in [0.2, 0.25) is 5.91 Å². The lowest BCUT2D eigenvalue weighted by Gasteiger charge is -2.37. The predicted octanol–water partition coefficient (Wildman–Crippen LogP) is 10.7. The van der Waals surface area contributed by atoms with Crippen LogP contribution in [0, 0.1) is 11.7 Å². The molecule has 5 aromatic carbocycles. The second-order valence-corrected chi connectivity index (χ2v) is 15.2. The van der Waals surface area contributed by atoms with Gasteiger partial charge in [0.1, 0.15) is 23.2 Å². The van der Waals surface area contributed by atoms with E-state index in [-0.39, 0.29) is 17.6 Å². The first-order valence-electron chi connectivity index (χ1n) is 19.5. The van der Waals surface area contributed by atoms with E-state index in [2.05, 4.69) is 121 Å². The van der Waals surface area contributed by atoms with Crippen LogP contribution in [0.1, 0.15) is 48.8 Å².